The van der Waals surface area contributed by atoms with Gasteiger partial charge in [0, 0.05) is 12.3 Å². The first kappa shape index (κ1) is 6.21. The number of aromatic nitrogens is 3. The molecule has 0 aromatic carbocycles. The van der Waals surface area contributed by atoms with Crippen LogP contribution in [0.25, 0.3) is 5.65 Å². The molecule has 2 rings (SSSR count). The summed E-state index contributed by atoms with van der Waals surface area (Å²) in [5.74, 6) is -1.35. The lowest BCUT2D eigenvalue weighted by molar-refractivity contribution is 0.576. The molecule has 0 radical (unpaired) electrons. The van der Waals surface area contributed by atoms with Crippen molar-refractivity contribution in [2.45, 2.75) is 0 Å². The molecule has 0 bridgehead atoms. The zero-order valence-corrected chi connectivity index (χ0v) is 5.33. The van der Waals surface area contributed by atoms with Crippen LogP contribution in [0.2, 0.25) is 0 Å². The van der Waals surface area contributed by atoms with Crippen LogP contribution in [-0.2, 0) is 0 Å². The summed E-state index contributed by atoms with van der Waals surface area (Å²) in [6, 6.07) is 0.768. The molecule has 0 aliphatic heterocycles. The summed E-state index contributed by atoms with van der Waals surface area (Å²) in [5.41, 5.74) is 0.0337. The van der Waals surface area contributed by atoms with Crippen molar-refractivity contribution >= 4 is 5.65 Å². The lowest BCUT2D eigenvalue weighted by Gasteiger charge is -1.92. The fourth-order valence-electron chi connectivity index (χ4n) is 0.864. The number of pyridine rings is 1. The van der Waals surface area contributed by atoms with E-state index in [1.54, 1.807) is 0 Å². The Morgan fingerprint density at radius 1 is 1.36 bits per heavy atom. The van der Waals surface area contributed by atoms with Crippen LogP contribution >= 0.6 is 0 Å². The maximum Gasteiger partial charge on any atom is 0.196 e. The summed E-state index contributed by atoms with van der Waals surface area (Å²) in [4.78, 5) is 0. The van der Waals surface area contributed by atoms with Crippen LogP contribution in [-0.4, -0.2) is 14.6 Å². The summed E-state index contributed by atoms with van der Waals surface area (Å²) in [6.07, 6.45) is 2.35. The van der Waals surface area contributed by atoms with E-state index in [0.29, 0.717) is 0 Å². The number of halogens is 2. The second kappa shape index (κ2) is 1.98. The Balaban J connectivity index is 2.91. The Kier molecular flexibility index (Phi) is 1.12. The maximum absolute atomic E-state index is 12.7. The molecule has 2 aromatic rings. The van der Waals surface area contributed by atoms with Crippen LogP contribution in [0.5, 0.6) is 0 Å². The molecule has 0 aliphatic rings. The molecule has 56 valence electrons. The molecule has 0 spiro atoms. The molecular weight excluding hydrogens is 152 g/mol. The van der Waals surface area contributed by atoms with Crippen LogP contribution in [0.3, 0.4) is 0 Å². The number of fused-ring (bicyclic) bond motifs is 1. The smallest absolute Gasteiger partial charge is 0.196 e. The van der Waals surface area contributed by atoms with Gasteiger partial charge in [0.05, 0.1) is 0 Å². The molecule has 0 aliphatic carbocycles. The van der Waals surface area contributed by atoms with E-state index in [-0.39, 0.29) is 5.65 Å². The van der Waals surface area contributed by atoms with E-state index in [9.17, 15) is 8.78 Å². The number of rotatable bonds is 0. The average molecular weight is 155 g/mol. The van der Waals surface area contributed by atoms with Gasteiger partial charge in [-0.15, -0.1) is 10.2 Å². The van der Waals surface area contributed by atoms with Crippen molar-refractivity contribution < 1.29 is 8.78 Å². The minimum absolute atomic E-state index is 0.0337. The number of nitrogens with zero attached hydrogens (tertiary/aromatic N) is 3. The molecule has 0 saturated carbocycles. The zero-order valence-electron chi connectivity index (χ0n) is 5.33. The molecule has 2 heterocycles. The van der Waals surface area contributed by atoms with E-state index in [4.69, 9.17) is 0 Å². The SMILES string of the molecule is Fc1cc(F)c2nncn2c1. The molecule has 0 saturated heterocycles. The van der Waals surface area contributed by atoms with Gasteiger partial charge in [0.15, 0.2) is 11.5 Å². The van der Waals surface area contributed by atoms with Gasteiger partial charge in [-0.25, -0.2) is 8.78 Å². The van der Waals surface area contributed by atoms with E-state index in [1.165, 1.54) is 10.7 Å². The second-order valence-electron chi connectivity index (χ2n) is 2.07. The van der Waals surface area contributed by atoms with E-state index in [1.807, 2.05) is 0 Å². The molecule has 11 heavy (non-hydrogen) atoms. The standard InChI is InChI=1S/C6H3F2N3/c7-4-1-5(8)6-10-9-3-11(6)2-4/h1-3H. The lowest BCUT2D eigenvalue weighted by Crippen LogP contribution is -1.89. The van der Waals surface area contributed by atoms with Crippen LogP contribution in [0.1, 0.15) is 0 Å². The summed E-state index contributed by atoms with van der Waals surface area (Å²) in [5, 5.41) is 6.84. The minimum Gasteiger partial charge on any atom is -0.284 e. The fourth-order valence-corrected chi connectivity index (χ4v) is 0.864. The normalized spacial score (nSPS) is 10.7. The van der Waals surface area contributed by atoms with Crippen molar-refractivity contribution in [3.8, 4) is 0 Å². The van der Waals surface area contributed by atoms with Gasteiger partial charge in [-0.05, 0) is 0 Å². The third-order valence-corrected chi connectivity index (χ3v) is 1.31. The van der Waals surface area contributed by atoms with Gasteiger partial charge in [0.25, 0.3) is 0 Å². The molecule has 5 heteroatoms. The molecule has 2 aromatic heterocycles. The second-order valence-corrected chi connectivity index (χ2v) is 2.07. The first-order valence-corrected chi connectivity index (χ1v) is 2.92. The number of hydrogen-bond acceptors (Lipinski definition) is 2. The van der Waals surface area contributed by atoms with Gasteiger partial charge < -0.3 is 0 Å². The van der Waals surface area contributed by atoms with Crippen molar-refractivity contribution in [1.82, 2.24) is 14.6 Å². The quantitative estimate of drug-likeness (QED) is 0.568. The molecule has 0 N–H and O–H groups in total. The zero-order chi connectivity index (χ0) is 7.84. The summed E-state index contributed by atoms with van der Waals surface area (Å²) < 4.78 is 26.4. The van der Waals surface area contributed by atoms with Crippen molar-refractivity contribution in [3.63, 3.8) is 0 Å². The van der Waals surface area contributed by atoms with Gasteiger partial charge >= 0.3 is 0 Å². The van der Waals surface area contributed by atoms with Crippen molar-refractivity contribution in [2.24, 2.45) is 0 Å². The van der Waals surface area contributed by atoms with Crippen molar-refractivity contribution in [1.29, 1.82) is 0 Å². The number of hydrogen-bond donors (Lipinski definition) is 0. The molecule has 0 amide bonds. The van der Waals surface area contributed by atoms with Crippen molar-refractivity contribution in [3.05, 3.63) is 30.2 Å². The monoisotopic (exact) mass is 155 g/mol. The Bertz CT molecular complexity index is 396. The lowest BCUT2D eigenvalue weighted by atomic mass is 10.4. The van der Waals surface area contributed by atoms with Gasteiger partial charge in [-0.3, -0.25) is 4.40 Å². The molecule has 0 fully saturated rings. The first-order valence-electron chi connectivity index (χ1n) is 2.92. The highest BCUT2D eigenvalue weighted by Crippen LogP contribution is 2.07. The van der Waals surface area contributed by atoms with E-state index in [0.717, 1.165) is 12.3 Å². The van der Waals surface area contributed by atoms with E-state index < -0.39 is 11.6 Å². The predicted octanol–water partition coefficient (Wildman–Crippen LogP) is 1.01. The van der Waals surface area contributed by atoms with E-state index >= 15 is 0 Å². The summed E-state index contributed by atoms with van der Waals surface area (Å²) >= 11 is 0. The highest BCUT2D eigenvalue weighted by Gasteiger charge is 2.04. The fraction of sp³-hybridized carbons (Fsp3) is 0. The molecular formula is C6H3F2N3. The van der Waals surface area contributed by atoms with Gasteiger partial charge in [0.2, 0.25) is 0 Å². The van der Waals surface area contributed by atoms with Gasteiger partial charge in [0.1, 0.15) is 12.1 Å². The molecule has 0 atom stereocenters. The van der Waals surface area contributed by atoms with E-state index in [2.05, 4.69) is 10.2 Å². The van der Waals surface area contributed by atoms with Crippen LogP contribution in [0.4, 0.5) is 8.78 Å². The first-order chi connectivity index (χ1) is 5.27. The third-order valence-electron chi connectivity index (χ3n) is 1.31. The highest BCUT2D eigenvalue weighted by atomic mass is 19.1. The van der Waals surface area contributed by atoms with Gasteiger partial charge in [-0.1, -0.05) is 0 Å². The largest absolute Gasteiger partial charge is 0.284 e. The topological polar surface area (TPSA) is 30.2 Å². The Labute approximate surface area is 60.3 Å². The highest BCUT2D eigenvalue weighted by molar-refractivity contribution is 5.37. The minimum atomic E-state index is -0.706. The molecule has 3 nitrogen and oxygen atoms in total. The summed E-state index contributed by atoms with van der Waals surface area (Å²) in [6.45, 7) is 0. The van der Waals surface area contributed by atoms with Crippen LogP contribution in [0, 0.1) is 11.6 Å². The Hall–Kier alpha value is -1.52. The predicted molar refractivity (Wildman–Crippen MR) is 32.9 cm³/mol. The average Bonchev–Trinajstić information content (AvgIpc) is 2.34. The van der Waals surface area contributed by atoms with Crippen LogP contribution < -0.4 is 0 Å². The molecule has 0 unspecified atom stereocenters. The van der Waals surface area contributed by atoms with Gasteiger partial charge in [-0.2, -0.15) is 0 Å². The Morgan fingerprint density at radius 2 is 2.18 bits per heavy atom. The Morgan fingerprint density at radius 3 is 3.00 bits per heavy atom. The summed E-state index contributed by atoms with van der Waals surface area (Å²) in [7, 11) is 0. The maximum atomic E-state index is 12.7. The van der Waals surface area contributed by atoms with Crippen molar-refractivity contribution in [2.75, 3.05) is 0 Å². The van der Waals surface area contributed by atoms with Crippen LogP contribution in [0.15, 0.2) is 18.6 Å². The third kappa shape index (κ3) is 0.849.